The topological polar surface area (TPSA) is 62.6 Å². The number of rotatable bonds is 4. The molecule has 0 atom stereocenters. The monoisotopic (exact) mass is 350 g/mol. The van der Waals surface area contributed by atoms with Gasteiger partial charge in [0.25, 0.3) is 0 Å². The molecule has 0 saturated carbocycles. The number of sulfonamides is 1. The molecule has 0 radical (unpaired) electrons. The molecule has 5 nitrogen and oxygen atoms in total. The van der Waals surface area contributed by atoms with E-state index >= 15 is 0 Å². The Morgan fingerprint density at radius 1 is 1.47 bits per heavy atom. The molecule has 108 valence electrons. The van der Waals surface area contributed by atoms with Crippen LogP contribution in [0.5, 0.6) is 0 Å². The maximum Gasteiger partial charge on any atom is 0.247 e. The van der Waals surface area contributed by atoms with Crippen LogP contribution >= 0.6 is 15.9 Å². The first kappa shape index (κ1) is 15.0. The molecule has 1 fully saturated rings. The normalized spacial score (nSPS) is 18.9. The largest absolute Gasteiger partial charge is 0.452 e. The Balaban J connectivity index is 2.24. The molecule has 0 unspecified atom stereocenters. The van der Waals surface area contributed by atoms with Crippen molar-refractivity contribution >= 4 is 26.0 Å². The highest BCUT2D eigenvalue weighted by molar-refractivity contribution is 9.10. The Kier molecular flexibility index (Phi) is 4.70. The van der Waals surface area contributed by atoms with Crippen molar-refractivity contribution in [2.75, 3.05) is 20.1 Å². The summed E-state index contributed by atoms with van der Waals surface area (Å²) in [6.07, 6.45) is 1.83. The Hall–Kier alpha value is -0.370. The lowest BCUT2D eigenvalue weighted by molar-refractivity contribution is 0.287. The predicted molar refractivity (Wildman–Crippen MR) is 76.3 cm³/mol. The molecule has 0 aliphatic carbocycles. The summed E-state index contributed by atoms with van der Waals surface area (Å²) in [5, 5.41) is 2.94. The minimum Gasteiger partial charge on any atom is -0.452 e. The molecule has 1 N–H and O–H groups in total. The second-order valence-corrected chi connectivity index (χ2v) is 7.59. The van der Waals surface area contributed by atoms with E-state index < -0.39 is 10.0 Å². The van der Waals surface area contributed by atoms with Crippen molar-refractivity contribution in [2.24, 2.45) is 5.92 Å². The molecule has 0 spiro atoms. The third-order valence-electron chi connectivity index (χ3n) is 3.42. The first-order chi connectivity index (χ1) is 8.95. The van der Waals surface area contributed by atoms with Gasteiger partial charge in [-0.25, -0.2) is 8.42 Å². The van der Waals surface area contributed by atoms with Crippen LogP contribution < -0.4 is 5.32 Å². The van der Waals surface area contributed by atoms with Gasteiger partial charge in [-0.1, -0.05) is 6.92 Å². The van der Waals surface area contributed by atoms with Crippen LogP contribution in [0.15, 0.2) is 20.0 Å². The fourth-order valence-electron chi connectivity index (χ4n) is 2.20. The van der Waals surface area contributed by atoms with Crippen LogP contribution in [0.1, 0.15) is 25.5 Å². The second-order valence-electron chi connectivity index (χ2n) is 4.97. The highest BCUT2D eigenvalue weighted by Gasteiger charge is 2.31. The average molecular weight is 351 g/mol. The van der Waals surface area contributed by atoms with Gasteiger partial charge in [0.2, 0.25) is 10.0 Å². The molecule has 1 aromatic rings. The van der Waals surface area contributed by atoms with Gasteiger partial charge < -0.3 is 9.73 Å². The SMILES string of the molecule is CNCc1cc(S(=O)(=O)N2CCC(C)CC2)c(Br)o1. The highest BCUT2D eigenvalue weighted by Crippen LogP contribution is 2.30. The summed E-state index contributed by atoms with van der Waals surface area (Å²) < 4.78 is 32.3. The van der Waals surface area contributed by atoms with Gasteiger partial charge in [0, 0.05) is 19.2 Å². The van der Waals surface area contributed by atoms with Gasteiger partial charge in [-0.3, -0.25) is 0 Å². The minimum atomic E-state index is -3.45. The molecule has 1 aliphatic rings. The second kappa shape index (κ2) is 5.95. The van der Waals surface area contributed by atoms with Crippen LogP contribution in [-0.4, -0.2) is 32.9 Å². The molecule has 0 amide bonds. The van der Waals surface area contributed by atoms with E-state index in [1.807, 2.05) is 0 Å². The van der Waals surface area contributed by atoms with E-state index in [1.165, 1.54) is 0 Å². The molecule has 0 bridgehead atoms. The third-order valence-corrected chi connectivity index (χ3v) is 6.17. The molecule has 1 aliphatic heterocycles. The number of piperidine rings is 1. The van der Waals surface area contributed by atoms with Gasteiger partial charge in [0.1, 0.15) is 10.7 Å². The Morgan fingerprint density at radius 2 is 2.11 bits per heavy atom. The van der Waals surface area contributed by atoms with E-state index in [4.69, 9.17) is 4.42 Å². The van der Waals surface area contributed by atoms with E-state index in [-0.39, 0.29) is 9.56 Å². The number of hydrogen-bond acceptors (Lipinski definition) is 4. The van der Waals surface area contributed by atoms with Gasteiger partial charge in [-0.2, -0.15) is 4.31 Å². The quantitative estimate of drug-likeness (QED) is 0.903. The fourth-order valence-corrected chi connectivity index (χ4v) is 4.63. The third kappa shape index (κ3) is 3.21. The van der Waals surface area contributed by atoms with Crippen LogP contribution in [0.25, 0.3) is 0 Å². The van der Waals surface area contributed by atoms with Crippen molar-refractivity contribution in [3.8, 4) is 0 Å². The maximum absolute atomic E-state index is 12.5. The molecular weight excluding hydrogens is 332 g/mol. The van der Waals surface area contributed by atoms with Crippen LogP contribution in [0.2, 0.25) is 0 Å². The van der Waals surface area contributed by atoms with Crippen molar-refractivity contribution in [1.82, 2.24) is 9.62 Å². The Labute approximate surface area is 122 Å². The number of furan rings is 1. The van der Waals surface area contributed by atoms with Crippen molar-refractivity contribution in [1.29, 1.82) is 0 Å². The number of hydrogen-bond donors (Lipinski definition) is 1. The number of halogens is 1. The van der Waals surface area contributed by atoms with E-state index in [2.05, 4.69) is 28.2 Å². The van der Waals surface area contributed by atoms with Gasteiger partial charge >= 0.3 is 0 Å². The summed E-state index contributed by atoms with van der Waals surface area (Å²) in [5.41, 5.74) is 0. The summed E-state index contributed by atoms with van der Waals surface area (Å²) >= 11 is 3.20. The smallest absolute Gasteiger partial charge is 0.247 e. The molecule has 7 heteroatoms. The van der Waals surface area contributed by atoms with E-state index in [0.717, 1.165) is 12.8 Å². The van der Waals surface area contributed by atoms with E-state index in [1.54, 1.807) is 17.4 Å². The fraction of sp³-hybridized carbons (Fsp3) is 0.667. The Bertz CT molecular complexity index is 533. The average Bonchev–Trinajstić information content (AvgIpc) is 2.72. The molecular formula is C12H19BrN2O3S. The predicted octanol–water partition coefficient (Wildman–Crippen LogP) is 2.18. The van der Waals surface area contributed by atoms with Crippen LogP contribution in [0, 0.1) is 5.92 Å². The first-order valence-corrected chi connectivity index (χ1v) is 8.61. The van der Waals surface area contributed by atoms with E-state index in [0.29, 0.717) is 31.3 Å². The van der Waals surface area contributed by atoms with Crippen LogP contribution in [0.3, 0.4) is 0 Å². The lowest BCUT2D eigenvalue weighted by atomic mass is 10.0. The highest BCUT2D eigenvalue weighted by atomic mass is 79.9. The zero-order valence-electron chi connectivity index (χ0n) is 11.1. The maximum atomic E-state index is 12.5. The molecule has 1 saturated heterocycles. The van der Waals surface area contributed by atoms with Gasteiger partial charge in [0.15, 0.2) is 4.67 Å². The number of nitrogens with one attached hydrogen (secondary N) is 1. The molecule has 19 heavy (non-hydrogen) atoms. The first-order valence-electron chi connectivity index (χ1n) is 6.38. The molecule has 2 heterocycles. The van der Waals surface area contributed by atoms with Crippen molar-refractivity contribution in [2.45, 2.75) is 31.2 Å². The van der Waals surface area contributed by atoms with Gasteiger partial charge in [-0.15, -0.1) is 0 Å². The summed E-state index contributed by atoms with van der Waals surface area (Å²) in [6, 6.07) is 1.59. The zero-order valence-corrected chi connectivity index (χ0v) is 13.6. The standard InChI is InChI=1S/C12H19BrN2O3S/c1-9-3-5-15(6-4-9)19(16,17)11-7-10(8-14-2)18-12(11)13/h7,9,14H,3-6,8H2,1-2H3. The van der Waals surface area contributed by atoms with Crippen molar-refractivity contribution in [3.05, 3.63) is 16.5 Å². The lowest BCUT2D eigenvalue weighted by Gasteiger charge is -2.28. The summed E-state index contributed by atoms with van der Waals surface area (Å²) in [6.45, 7) is 3.83. The molecule has 1 aromatic heterocycles. The molecule has 0 aromatic carbocycles. The van der Waals surface area contributed by atoms with Crippen molar-refractivity contribution < 1.29 is 12.8 Å². The van der Waals surface area contributed by atoms with Crippen LogP contribution in [0.4, 0.5) is 0 Å². The van der Waals surface area contributed by atoms with Crippen LogP contribution in [-0.2, 0) is 16.6 Å². The van der Waals surface area contributed by atoms with Gasteiger partial charge in [0.05, 0.1) is 6.54 Å². The number of nitrogens with zero attached hydrogens (tertiary/aromatic N) is 1. The summed E-state index contributed by atoms with van der Waals surface area (Å²) in [4.78, 5) is 0.229. The van der Waals surface area contributed by atoms with E-state index in [9.17, 15) is 8.42 Å². The summed E-state index contributed by atoms with van der Waals surface area (Å²) in [7, 11) is -1.66. The summed E-state index contributed by atoms with van der Waals surface area (Å²) in [5.74, 6) is 1.21. The zero-order chi connectivity index (χ0) is 14.0. The Morgan fingerprint density at radius 3 is 2.68 bits per heavy atom. The lowest BCUT2D eigenvalue weighted by Crippen LogP contribution is -2.37. The van der Waals surface area contributed by atoms with Crippen molar-refractivity contribution in [3.63, 3.8) is 0 Å². The van der Waals surface area contributed by atoms with Gasteiger partial charge in [-0.05, 0) is 41.7 Å². The minimum absolute atomic E-state index is 0.229. The molecule has 2 rings (SSSR count).